The summed E-state index contributed by atoms with van der Waals surface area (Å²) in [5, 5.41) is 12.2. The minimum atomic E-state index is -0.744. The van der Waals surface area contributed by atoms with Crippen LogP contribution in [0.2, 0.25) is 5.02 Å². The lowest BCUT2D eigenvalue weighted by Crippen LogP contribution is -2.35. The van der Waals surface area contributed by atoms with Gasteiger partial charge < -0.3 is 10.4 Å². The fourth-order valence-electron chi connectivity index (χ4n) is 2.67. The number of rotatable bonds is 9. The van der Waals surface area contributed by atoms with Gasteiger partial charge in [0.25, 0.3) is 0 Å². The average molecular weight is 324 g/mol. The standard InChI is InChI=1S/C17H22ClNO3/c18-14-8-6-13(7-9-14)17(10-11-17)16(22)19-12-4-2-1-3-5-15(20)21/h6-9H,1-5,10-12H2,(H,19,22)(H,20,21). The molecule has 1 fully saturated rings. The Morgan fingerprint density at radius 3 is 2.32 bits per heavy atom. The lowest BCUT2D eigenvalue weighted by molar-refractivity contribution is -0.137. The van der Waals surface area contributed by atoms with Gasteiger partial charge in [-0.3, -0.25) is 9.59 Å². The summed E-state index contributed by atoms with van der Waals surface area (Å²) in [6, 6.07) is 7.51. The van der Waals surface area contributed by atoms with E-state index in [-0.39, 0.29) is 17.7 Å². The number of aliphatic carboxylic acids is 1. The van der Waals surface area contributed by atoms with Crippen molar-refractivity contribution >= 4 is 23.5 Å². The summed E-state index contributed by atoms with van der Waals surface area (Å²) >= 11 is 5.89. The van der Waals surface area contributed by atoms with Gasteiger partial charge in [0, 0.05) is 18.0 Å². The van der Waals surface area contributed by atoms with E-state index in [0.717, 1.165) is 37.7 Å². The van der Waals surface area contributed by atoms with Crippen LogP contribution >= 0.6 is 11.6 Å². The predicted octanol–water partition coefficient (Wildman–Crippen LogP) is 3.52. The second-order valence-corrected chi connectivity index (χ2v) is 6.34. The van der Waals surface area contributed by atoms with Crippen LogP contribution in [-0.2, 0) is 15.0 Å². The highest BCUT2D eigenvalue weighted by Gasteiger charge is 2.50. The van der Waals surface area contributed by atoms with E-state index in [4.69, 9.17) is 16.7 Å². The summed E-state index contributed by atoms with van der Waals surface area (Å²) in [7, 11) is 0. The zero-order valence-corrected chi connectivity index (χ0v) is 13.4. The third-order valence-electron chi connectivity index (χ3n) is 4.18. The maximum Gasteiger partial charge on any atom is 0.303 e. The molecule has 0 heterocycles. The molecular weight excluding hydrogens is 302 g/mol. The van der Waals surface area contributed by atoms with Gasteiger partial charge in [-0.1, -0.05) is 36.6 Å². The first-order valence-electron chi connectivity index (χ1n) is 7.81. The smallest absolute Gasteiger partial charge is 0.303 e. The number of nitrogens with one attached hydrogen (secondary N) is 1. The summed E-state index contributed by atoms with van der Waals surface area (Å²) in [5.41, 5.74) is 0.685. The first-order chi connectivity index (χ1) is 10.5. The van der Waals surface area contributed by atoms with E-state index in [1.54, 1.807) is 0 Å². The minimum absolute atomic E-state index is 0.0976. The van der Waals surface area contributed by atoms with Gasteiger partial charge in [-0.25, -0.2) is 0 Å². The second kappa shape index (κ2) is 7.63. The number of carbonyl (C=O) groups is 2. The zero-order chi connectivity index (χ0) is 16.0. The molecule has 1 aromatic rings. The number of unbranched alkanes of at least 4 members (excludes halogenated alkanes) is 3. The molecule has 2 rings (SSSR count). The maximum absolute atomic E-state index is 12.4. The first-order valence-corrected chi connectivity index (χ1v) is 8.18. The van der Waals surface area contributed by atoms with Crippen LogP contribution in [0.1, 0.15) is 50.5 Å². The number of carboxylic acid groups (broad SMARTS) is 1. The van der Waals surface area contributed by atoms with Gasteiger partial charge in [0.05, 0.1) is 5.41 Å². The molecule has 0 radical (unpaired) electrons. The summed E-state index contributed by atoms with van der Waals surface area (Å²) in [5.74, 6) is -0.646. The van der Waals surface area contributed by atoms with Crippen molar-refractivity contribution in [1.29, 1.82) is 0 Å². The first kappa shape index (κ1) is 16.8. The lowest BCUT2D eigenvalue weighted by atomic mass is 9.95. The fraction of sp³-hybridized carbons (Fsp3) is 0.529. The number of halogens is 1. The van der Waals surface area contributed by atoms with Crippen molar-refractivity contribution in [3.63, 3.8) is 0 Å². The summed E-state index contributed by atoms with van der Waals surface area (Å²) in [4.78, 5) is 22.8. The highest BCUT2D eigenvalue weighted by atomic mass is 35.5. The molecule has 2 N–H and O–H groups in total. The van der Waals surface area contributed by atoms with Gasteiger partial charge in [-0.2, -0.15) is 0 Å². The van der Waals surface area contributed by atoms with E-state index in [1.807, 2.05) is 24.3 Å². The van der Waals surface area contributed by atoms with Crippen molar-refractivity contribution in [1.82, 2.24) is 5.32 Å². The molecule has 1 aliphatic carbocycles. The molecule has 0 atom stereocenters. The van der Waals surface area contributed by atoms with E-state index < -0.39 is 5.97 Å². The van der Waals surface area contributed by atoms with Crippen LogP contribution in [-0.4, -0.2) is 23.5 Å². The van der Waals surface area contributed by atoms with Crippen LogP contribution in [0.3, 0.4) is 0 Å². The monoisotopic (exact) mass is 323 g/mol. The minimum Gasteiger partial charge on any atom is -0.481 e. The number of amides is 1. The molecule has 4 nitrogen and oxygen atoms in total. The molecule has 0 spiro atoms. The molecule has 0 unspecified atom stereocenters. The van der Waals surface area contributed by atoms with E-state index in [2.05, 4.69) is 5.32 Å². The van der Waals surface area contributed by atoms with Crippen molar-refractivity contribution in [3.8, 4) is 0 Å². The average Bonchev–Trinajstić information content (AvgIpc) is 3.28. The summed E-state index contributed by atoms with van der Waals surface area (Å²) in [6.45, 7) is 0.654. The van der Waals surface area contributed by atoms with Crippen LogP contribution in [0.15, 0.2) is 24.3 Å². The van der Waals surface area contributed by atoms with E-state index in [1.165, 1.54) is 0 Å². The topological polar surface area (TPSA) is 66.4 Å². The molecule has 1 saturated carbocycles. The van der Waals surface area contributed by atoms with Gasteiger partial charge in [0.2, 0.25) is 5.91 Å². The Morgan fingerprint density at radius 2 is 1.73 bits per heavy atom. The Bertz CT molecular complexity index is 523. The predicted molar refractivity (Wildman–Crippen MR) is 86.1 cm³/mol. The van der Waals surface area contributed by atoms with Gasteiger partial charge in [0.1, 0.15) is 0 Å². The van der Waals surface area contributed by atoms with Crippen molar-refractivity contribution < 1.29 is 14.7 Å². The molecule has 1 aromatic carbocycles. The zero-order valence-electron chi connectivity index (χ0n) is 12.6. The highest BCUT2D eigenvalue weighted by molar-refractivity contribution is 6.30. The van der Waals surface area contributed by atoms with Crippen molar-refractivity contribution in [2.24, 2.45) is 0 Å². The van der Waals surface area contributed by atoms with Crippen LogP contribution in [0, 0.1) is 0 Å². The van der Waals surface area contributed by atoms with Crippen molar-refractivity contribution in [2.75, 3.05) is 6.54 Å². The quantitative estimate of drug-likeness (QED) is 0.683. The molecule has 120 valence electrons. The number of carbonyl (C=O) groups excluding carboxylic acids is 1. The van der Waals surface area contributed by atoms with Crippen LogP contribution in [0.5, 0.6) is 0 Å². The van der Waals surface area contributed by atoms with Gasteiger partial charge in [-0.15, -0.1) is 0 Å². The van der Waals surface area contributed by atoms with Crippen molar-refractivity contribution in [2.45, 2.75) is 50.4 Å². The Kier molecular flexibility index (Phi) is 5.83. The molecule has 5 heteroatoms. The van der Waals surface area contributed by atoms with Gasteiger partial charge in [0.15, 0.2) is 0 Å². The largest absolute Gasteiger partial charge is 0.481 e. The molecule has 1 aliphatic rings. The molecule has 0 aliphatic heterocycles. The van der Waals surface area contributed by atoms with Gasteiger partial charge >= 0.3 is 5.97 Å². The van der Waals surface area contributed by atoms with Crippen LogP contribution in [0.4, 0.5) is 0 Å². The number of hydrogen-bond acceptors (Lipinski definition) is 2. The normalized spacial score (nSPS) is 15.3. The number of benzene rings is 1. The molecule has 0 aromatic heterocycles. The fourth-order valence-corrected chi connectivity index (χ4v) is 2.79. The second-order valence-electron chi connectivity index (χ2n) is 5.90. The Balaban J connectivity index is 1.69. The highest BCUT2D eigenvalue weighted by Crippen LogP contribution is 2.48. The Labute approximate surface area is 135 Å². The van der Waals surface area contributed by atoms with E-state index in [9.17, 15) is 9.59 Å². The Hall–Kier alpha value is -1.55. The molecule has 0 saturated heterocycles. The van der Waals surface area contributed by atoms with Crippen LogP contribution < -0.4 is 5.32 Å². The molecular formula is C17H22ClNO3. The maximum atomic E-state index is 12.4. The molecule has 0 bridgehead atoms. The van der Waals surface area contributed by atoms with E-state index in [0.29, 0.717) is 18.0 Å². The van der Waals surface area contributed by atoms with E-state index >= 15 is 0 Å². The lowest BCUT2D eigenvalue weighted by Gasteiger charge is -2.16. The SMILES string of the molecule is O=C(O)CCCCCCNC(=O)C1(c2ccc(Cl)cc2)CC1. The Morgan fingerprint density at radius 1 is 1.09 bits per heavy atom. The third kappa shape index (κ3) is 4.47. The van der Waals surface area contributed by atoms with Gasteiger partial charge in [-0.05, 0) is 43.4 Å². The number of carboxylic acids is 1. The van der Waals surface area contributed by atoms with Crippen molar-refractivity contribution in [3.05, 3.63) is 34.9 Å². The summed E-state index contributed by atoms with van der Waals surface area (Å²) < 4.78 is 0. The molecule has 1 amide bonds. The third-order valence-corrected chi connectivity index (χ3v) is 4.44. The van der Waals surface area contributed by atoms with Crippen LogP contribution in [0.25, 0.3) is 0 Å². The molecule has 22 heavy (non-hydrogen) atoms. The summed E-state index contributed by atoms with van der Waals surface area (Å²) in [6.07, 6.45) is 5.44. The number of hydrogen-bond donors (Lipinski definition) is 2.